The maximum Gasteiger partial charge on any atom is 0.399 e. The van der Waals surface area contributed by atoms with Gasteiger partial charge < -0.3 is 14.6 Å². The number of hydrogen-bond donors (Lipinski definition) is 1. The zero-order valence-corrected chi connectivity index (χ0v) is 25.5. The summed E-state index contributed by atoms with van der Waals surface area (Å²) in [4.78, 5) is 2.25. The maximum atomic E-state index is 14.7. The molecule has 1 N–H and O–H groups in total. The summed E-state index contributed by atoms with van der Waals surface area (Å²) in [5, 5.41) is 12.1. The number of hydrogen-bond acceptors (Lipinski definition) is 4. The third kappa shape index (κ3) is 8.63. The van der Waals surface area contributed by atoms with Crippen LogP contribution in [0, 0.1) is 0 Å². The Balaban J connectivity index is 1.28. The predicted molar refractivity (Wildman–Crippen MR) is 174 cm³/mol. The Hall–Kier alpha value is -4.43. The van der Waals surface area contributed by atoms with Crippen molar-refractivity contribution < 1.29 is 27.8 Å². The third-order valence-electron chi connectivity index (χ3n) is 7.97. The lowest BCUT2D eigenvalue weighted by Gasteiger charge is -2.38. The third-order valence-corrected chi connectivity index (χ3v) is 7.97. The van der Waals surface area contributed by atoms with Gasteiger partial charge in [0.05, 0.1) is 13.2 Å². The fourth-order valence-corrected chi connectivity index (χ4v) is 5.67. The van der Waals surface area contributed by atoms with Gasteiger partial charge in [-0.15, -0.1) is 0 Å². The largest absolute Gasteiger partial charge is 0.492 e. The van der Waals surface area contributed by atoms with Gasteiger partial charge >= 0.3 is 6.18 Å². The van der Waals surface area contributed by atoms with E-state index in [9.17, 15) is 18.3 Å². The normalized spacial score (nSPS) is 13.7. The van der Waals surface area contributed by atoms with Crippen LogP contribution in [0.15, 0.2) is 146 Å². The second kappa shape index (κ2) is 15.7. The molecule has 0 aliphatic heterocycles. The van der Waals surface area contributed by atoms with Gasteiger partial charge in [0.1, 0.15) is 23.9 Å². The zero-order chi connectivity index (χ0) is 32.2. The molecule has 2 unspecified atom stereocenters. The van der Waals surface area contributed by atoms with Crippen LogP contribution in [-0.4, -0.2) is 42.5 Å². The van der Waals surface area contributed by atoms with Gasteiger partial charge in [-0.3, -0.25) is 4.90 Å². The molecule has 0 saturated carbocycles. The standard InChI is InChI=1S/C39H38F3NO3/c40-39(41,42)37(33-17-9-3-10-18-33)38(44,34-19-11-4-12-20-34)35-21-23-36(24-22-35)46-28-26-43(29-31-13-5-1-6-14-31)25-27-45-30-32-15-7-2-8-16-32/h1-24,37,44H,25-30H2. The van der Waals surface area contributed by atoms with Crippen molar-refractivity contribution in [3.05, 3.63) is 173 Å². The lowest BCUT2D eigenvalue weighted by atomic mass is 9.72. The molecule has 0 amide bonds. The number of halogens is 3. The summed E-state index contributed by atoms with van der Waals surface area (Å²) in [5.74, 6) is -1.69. The van der Waals surface area contributed by atoms with Crippen molar-refractivity contribution in [1.82, 2.24) is 4.90 Å². The topological polar surface area (TPSA) is 41.9 Å². The highest BCUT2D eigenvalue weighted by Crippen LogP contribution is 2.51. The molecule has 5 rings (SSSR count). The van der Waals surface area contributed by atoms with Gasteiger partial charge in [-0.2, -0.15) is 13.2 Å². The Morgan fingerprint density at radius 1 is 0.587 bits per heavy atom. The minimum absolute atomic E-state index is 0.0204. The molecule has 5 aromatic rings. The SMILES string of the molecule is OC(c1ccccc1)(c1ccc(OCCN(CCOCc2ccccc2)Cc2ccccc2)cc1)C(c1ccccc1)C(F)(F)F. The van der Waals surface area contributed by atoms with Gasteiger partial charge in [-0.05, 0) is 39.9 Å². The minimum atomic E-state index is -4.73. The highest BCUT2D eigenvalue weighted by molar-refractivity contribution is 5.44. The van der Waals surface area contributed by atoms with E-state index >= 15 is 0 Å². The predicted octanol–water partition coefficient (Wildman–Crippen LogP) is 8.37. The number of rotatable bonds is 15. The molecule has 0 heterocycles. The molecule has 0 bridgehead atoms. The Morgan fingerprint density at radius 2 is 1.09 bits per heavy atom. The van der Waals surface area contributed by atoms with Gasteiger partial charge in [-0.25, -0.2) is 0 Å². The van der Waals surface area contributed by atoms with E-state index in [-0.39, 0.29) is 16.7 Å². The van der Waals surface area contributed by atoms with Crippen LogP contribution in [0.5, 0.6) is 5.75 Å². The van der Waals surface area contributed by atoms with E-state index in [2.05, 4.69) is 17.0 Å². The van der Waals surface area contributed by atoms with Crippen LogP contribution in [-0.2, 0) is 23.5 Å². The van der Waals surface area contributed by atoms with Gasteiger partial charge in [0.2, 0.25) is 0 Å². The molecule has 0 fully saturated rings. The number of benzene rings is 5. The van der Waals surface area contributed by atoms with E-state index < -0.39 is 17.7 Å². The molecular weight excluding hydrogens is 587 g/mol. The first-order chi connectivity index (χ1) is 22.3. The van der Waals surface area contributed by atoms with Crippen molar-refractivity contribution in [2.24, 2.45) is 0 Å². The lowest BCUT2D eigenvalue weighted by molar-refractivity contribution is -0.190. The summed E-state index contributed by atoms with van der Waals surface area (Å²) in [6.45, 7) is 3.49. The average molecular weight is 626 g/mol. The van der Waals surface area contributed by atoms with Crippen molar-refractivity contribution in [2.75, 3.05) is 26.3 Å². The minimum Gasteiger partial charge on any atom is -0.492 e. The fraction of sp³-hybridized carbons (Fsp3) is 0.231. The summed E-state index contributed by atoms with van der Waals surface area (Å²) in [6.07, 6.45) is -4.73. The summed E-state index contributed by atoms with van der Waals surface area (Å²) in [7, 11) is 0. The van der Waals surface area contributed by atoms with Crippen LogP contribution in [0.1, 0.15) is 33.7 Å². The first kappa shape index (κ1) is 32.9. The van der Waals surface area contributed by atoms with E-state index in [4.69, 9.17) is 9.47 Å². The fourth-order valence-electron chi connectivity index (χ4n) is 5.67. The molecule has 2 atom stereocenters. The van der Waals surface area contributed by atoms with Crippen LogP contribution in [0.4, 0.5) is 13.2 Å². The van der Waals surface area contributed by atoms with Crippen molar-refractivity contribution in [1.29, 1.82) is 0 Å². The Morgan fingerprint density at radius 3 is 1.67 bits per heavy atom. The number of ether oxygens (including phenoxy) is 2. The number of nitrogens with zero attached hydrogens (tertiary/aromatic N) is 1. The van der Waals surface area contributed by atoms with Crippen LogP contribution in [0.25, 0.3) is 0 Å². The average Bonchev–Trinajstić information content (AvgIpc) is 3.08. The van der Waals surface area contributed by atoms with Crippen molar-refractivity contribution in [2.45, 2.75) is 30.8 Å². The zero-order valence-electron chi connectivity index (χ0n) is 25.5. The summed E-state index contributed by atoms with van der Waals surface area (Å²) in [6, 6.07) is 42.0. The molecule has 0 aliphatic carbocycles. The summed E-state index contributed by atoms with van der Waals surface area (Å²) >= 11 is 0. The van der Waals surface area contributed by atoms with E-state index in [1.807, 2.05) is 48.5 Å². The first-order valence-electron chi connectivity index (χ1n) is 15.3. The van der Waals surface area contributed by atoms with E-state index in [0.29, 0.717) is 38.7 Å². The molecule has 0 saturated heterocycles. The van der Waals surface area contributed by atoms with Gasteiger partial charge in [0.25, 0.3) is 0 Å². The van der Waals surface area contributed by atoms with Crippen LogP contribution < -0.4 is 4.74 Å². The molecule has 238 valence electrons. The molecule has 0 aliphatic rings. The van der Waals surface area contributed by atoms with Crippen LogP contribution in [0.3, 0.4) is 0 Å². The van der Waals surface area contributed by atoms with E-state index in [1.54, 1.807) is 48.5 Å². The first-order valence-corrected chi connectivity index (χ1v) is 15.3. The van der Waals surface area contributed by atoms with E-state index in [0.717, 1.165) is 12.1 Å². The van der Waals surface area contributed by atoms with Crippen molar-refractivity contribution >= 4 is 0 Å². The van der Waals surface area contributed by atoms with Crippen molar-refractivity contribution in [3.63, 3.8) is 0 Å². The lowest BCUT2D eigenvalue weighted by Crippen LogP contribution is -2.42. The maximum absolute atomic E-state index is 14.7. The Labute approximate surface area is 268 Å². The van der Waals surface area contributed by atoms with Crippen molar-refractivity contribution in [3.8, 4) is 5.75 Å². The monoisotopic (exact) mass is 625 g/mol. The molecule has 0 aromatic heterocycles. The second-order valence-electron chi connectivity index (χ2n) is 11.2. The van der Waals surface area contributed by atoms with E-state index in [1.165, 1.54) is 42.0 Å². The number of aliphatic hydroxyl groups is 1. The molecule has 46 heavy (non-hydrogen) atoms. The van der Waals surface area contributed by atoms with Gasteiger partial charge in [-0.1, -0.05) is 133 Å². The smallest absolute Gasteiger partial charge is 0.399 e. The molecular formula is C39H38F3NO3. The molecule has 0 spiro atoms. The number of alkyl halides is 3. The van der Waals surface area contributed by atoms with Gasteiger partial charge in [0, 0.05) is 19.6 Å². The van der Waals surface area contributed by atoms with Crippen LogP contribution >= 0.6 is 0 Å². The Bertz CT molecular complexity index is 1580. The molecule has 0 radical (unpaired) electrons. The summed E-state index contributed by atoms with van der Waals surface area (Å²) in [5.41, 5.74) is 0.180. The quantitative estimate of drug-likeness (QED) is 0.119. The highest BCUT2D eigenvalue weighted by atomic mass is 19.4. The molecule has 7 heteroatoms. The highest BCUT2D eigenvalue weighted by Gasteiger charge is 2.55. The Kier molecular flexibility index (Phi) is 11.3. The molecule has 5 aromatic carbocycles. The summed E-state index contributed by atoms with van der Waals surface area (Å²) < 4.78 is 56.2. The second-order valence-corrected chi connectivity index (χ2v) is 11.2. The van der Waals surface area contributed by atoms with Gasteiger partial charge in [0.15, 0.2) is 0 Å². The van der Waals surface area contributed by atoms with Crippen LogP contribution in [0.2, 0.25) is 0 Å². The molecule has 4 nitrogen and oxygen atoms in total.